The predicted molar refractivity (Wildman–Crippen MR) is 88.0 cm³/mol. The quantitative estimate of drug-likeness (QED) is 0.559. The predicted octanol–water partition coefficient (Wildman–Crippen LogP) is 3.98. The summed E-state index contributed by atoms with van der Waals surface area (Å²) >= 11 is 12.0. The van der Waals surface area contributed by atoms with Crippen LogP contribution < -0.4 is 0 Å². The van der Waals surface area contributed by atoms with Crippen LogP contribution >= 0.6 is 23.2 Å². The van der Waals surface area contributed by atoms with Crippen molar-refractivity contribution in [2.45, 2.75) is 25.8 Å². The van der Waals surface area contributed by atoms with Crippen molar-refractivity contribution in [3.8, 4) is 0 Å². The minimum Gasteiger partial charge on any atom is -0.464 e. The monoisotopic (exact) mass is 329 g/mol. The van der Waals surface area contributed by atoms with Crippen LogP contribution in [-0.2, 0) is 16.0 Å². The van der Waals surface area contributed by atoms with Gasteiger partial charge in [-0.05, 0) is 38.1 Å². The molecule has 0 amide bonds. The van der Waals surface area contributed by atoms with Gasteiger partial charge in [-0.3, -0.25) is 9.69 Å². The standard InChI is InChI=1S/C16H21Cl2NO2/c1-5-8-19(4)16(3,11-21-12(2)20)10-13-6-7-14(17)15(18)9-13/h5-7,9H,1,8,10-11H2,2-4H3. The molecule has 0 radical (unpaired) electrons. The van der Waals surface area contributed by atoms with Crippen LogP contribution in [0.25, 0.3) is 0 Å². The summed E-state index contributed by atoms with van der Waals surface area (Å²) in [6.45, 7) is 8.20. The smallest absolute Gasteiger partial charge is 0.302 e. The van der Waals surface area contributed by atoms with Gasteiger partial charge in [-0.15, -0.1) is 6.58 Å². The van der Waals surface area contributed by atoms with Crippen LogP contribution in [0.3, 0.4) is 0 Å². The molecule has 0 heterocycles. The van der Waals surface area contributed by atoms with E-state index in [2.05, 4.69) is 11.5 Å². The second-order valence-electron chi connectivity index (χ2n) is 5.37. The molecule has 1 rings (SSSR count). The molecule has 0 spiro atoms. The number of likely N-dealkylation sites (N-methyl/N-ethyl adjacent to an activating group) is 1. The molecule has 1 unspecified atom stereocenters. The number of esters is 1. The van der Waals surface area contributed by atoms with Crippen molar-refractivity contribution in [1.82, 2.24) is 4.90 Å². The van der Waals surface area contributed by atoms with E-state index < -0.39 is 0 Å². The van der Waals surface area contributed by atoms with E-state index in [4.69, 9.17) is 27.9 Å². The Hall–Kier alpha value is -1.03. The van der Waals surface area contributed by atoms with Crippen LogP contribution in [-0.4, -0.2) is 36.6 Å². The number of halogens is 2. The maximum Gasteiger partial charge on any atom is 0.302 e. The highest BCUT2D eigenvalue weighted by Crippen LogP contribution is 2.26. The Kier molecular flexibility index (Phi) is 6.72. The number of rotatable bonds is 7. The summed E-state index contributed by atoms with van der Waals surface area (Å²) in [5.41, 5.74) is 0.687. The molecule has 0 aliphatic rings. The van der Waals surface area contributed by atoms with Crippen LogP contribution in [0.2, 0.25) is 10.0 Å². The molecular formula is C16H21Cl2NO2. The Balaban J connectivity index is 2.96. The molecule has 0 saturated carbocycles. The first-order valence-electron chi connectivity index (χ1n) is 6.68. The Morgan fingerprint density at radius 2 is 2.10 bits per heavy atom. The molecule has 3 nitrogen and oxygen atoms in total. The topological polar surface area (TPSA) is 29.5 Å². The maximum absolute atomic E-state index is 11.1. The lowest BCUT2D eigenvalue weighted by Crippen LogP contribution is -2.49. The van der Waals surface area contributed by atoms with E-state index in [-0.39, 0.29) is 11.5 Å². The van der Waals surface area contributed by atoms with Gasteiger partial charge in [0.15, 0.2) is 0 Å². The molecule has 0 saturated heterocycles. The molecule has 0 aromatic heterocycles. The van der Waals surface area contributed by atoms with Crippen molar-refractivity contribution < 1.29 is 9.53 Å². The van der Waals surface area contributed by atoms with Crippen molar-refractivity contribution >= 4 is 29.2 Å². The summed E-state index contributed by atoms with van der Waals surface area (Å²) in [6, 6.07) is 5.55. The van der Waals surface area contributed by atoms with E-state index in [1.807, 2.05) is 32.2 Å². The second kappa shape index (κ2) is 7.83. The Labute approximate surface area is 136 Å². The molecule has 0 bridgehead atoms. The van der Waals surface area contributed by atoms with Gasteiger partial charge in [0.25, 0.3) is 0 Å². The highest BCUT2D eigenvalue weighted by molar-refractivity contribution is 6.42. The third-order valence-electron chi connectivity index (χ3n) is 3.48. The molecule has 0 aliphatic heterocycles. The summed E-state index contributed by atoms with van der Waals surface area (Å²) < 4.78 is 5.23. The minimum absolute atomic E-state index is 0.289. The second-order valence-corrected chi connectivity index (χ2v) is 6.19. The fourth-order valence-corrected chi connectivity index (χ4v) is 2.38. The number of hydrogen-bond acceptors (Lipinski definition) is 3. The van der Waals surface area contributed by atoms with E-state index in [1.54, 1.807) is 6.07 Å². The van der Waals surface area contributed by atoms with Gasteiger partial charge in [0, 0.05) is 13.5 Å². The highest BCUT2D eigenvalue weighted by Gasteiger charge is 2.30. The van der Waals surface area contributed by atoms with Gasteiger partial charge in [-0.1, -0.05) is 35.3 Å². The maximum atomic E-state index is 11.1. The Morgan fingerprint density at radius 3 is 2.62 bits per heavy atom. The average Bonchev–Trinajstić information content (AvgIpc) is 2.41. The highest BCUT2D eigenvalue weighted by atomic mass is 35.5. The lowest BCUT2D eigenvalue weighted by molar-refractivity contribution is -0.144. The molecule has 21 heavy (non-hydrogen) atoms. The van der Waals surface area contributed by atoms with E-state index in [0.717, 1.165) is 5.56 Å². The van der Waals surface area contributed by atoms with E-state index >= 15 is 0 Å². The summed E-state index contributed by atoms with van der Waals surface area (Å²) in [5, 5.41) is 1.05. The molecule has 1 aromatic carbocycles. The fourth-order valence-electron chi connectivity index (χ4n) is 2.06. The first kappa shape index (κ1) is 18.0. The number of hydrogen-bond donors (Lipinski definition) is 0. The van der Waals surface area contributed by atoms with Crippen LogP contribution in [0.1, 0.15) is 19.4 Å². The van der Waals surface area contributed by atoms with Gasteiger partial charge in [0.1, 0.15) is 6.61 Å². The molecule has 0 aliphatic carbocycles. The molecule has 1 aromatic rings. The largest absolute Gasteiger partial charge is 0.464 e. The third kappa shape index (κ3) is 5.34. The van der Waals surface area contributed by atoms with Crippen LogP contribution in [0.5, 0.6) is 0 Å². The summed E-state index contributed by atoms with van der Waals surface area (Å²) in [7, 11) is 1.97. The first-order valence-corrected chi connectivity index (χ1v) is 7.43. The number of carbonyl (C=O) groups excluding carboxylic acids is 1. The van der Waals surface area contributed by atoms with Crippen LogP contribution in [0.15, 0.2) is 30.9 Å². The Morgan fingerprint density at radius 1 is 1.43 bits per heavy atom. The van der Waals surface area contributed by atoms with Crippen LogP contribution in [0, 0.1) is 0 Å². The molecule has 5 heteroatoms. The number of benzene rings is 1. The SMILES string of the molecule is C=CCN(C)C(C)(COC(C)=O)Cc1ccc(Cl)c(Cl)c1. The van der Waals surface area contributed by atoms with E-state index in [9.17, 15) is 4.79 Å². The van der Waals surface area contributed by atoms with E-state index in [1.165, 1.54) is 6.92 Å². The summed E-state index contributed by atoms with van der Waals surface area (Å²) in [5.74, 6) is -0.289. The van der Waals surface area contributed by atoms with Gasteiger partial charge >= 0.3 is 5.97 Å². The average molecular weight is 330 g/mol. The molecule has 1 atom stereocenters. The zero-order valence-electron chi connectivity index (χ0n) is 12.7. The van der Waals surface area contributed by atoms with Gasteiger partial charge < -0.3 is 4.74 Å². The molecule has 0 N–H and O–H groups in total. The Bertz CT molecular complexity index is 519. The van der Waals surface area contributed by atoms with Crippen molar-refractivity contribution in [3.63, 3.8) is 0 Å². The third-order valence-corrected chi connectivity index (χ3v) is 4.22. The van der Waals surface area contributed by atoms with Gasteiger partial charge in [0.05, 0.1) is 15.6 Å². The lowest BCUT2D eigenvalue weighted by Gasteiger charge is -2.38. The van der Waals surface area contributed by atoms with Crippen molar-refractivity contribution in [1.29, 1.82) is 0 Å². The zero-order valence-corrected chi connectivity index (χ0v) is 14.2. The van der Waals surface area contributed by atoms with Gasteiger partial charge in [0.2, 0.25) is 0 Å². The number of ether oxygens (including phenoxy) is 1. The van der Waals surface area contributed by atoms with Crippen molar-refractivity contribution in [2.24, 2.45) is 0 Å². The number of carbonyl (C=O) groups is 1. The van der Waals surface area contributed by atoms with Crippen molar-refractivity contribution in [2.75, 3.05) is 20.2 Å². The lowest BCUT2D eigenvalue weighted by atomic mass is 9.92. The first-order chi connectivity index (χ1) is 9.78. The zero-order chi connectivity index (χ0) is 16.0. The van der Waals surface area contributed by atoms with Gasteiger partial charge in [-0.25, -0.2) is 0 Å². The van der Waals surface area contributed by atoms with Crippen LogP contribution in [0.4, 0.5) is 0 Å². The minimum atomic E-state index is -0.350. The normalized spacial score (nSPS) is 13.8. The van der Waals surface area contributed by atoms with Crippen molar-refractivity contribution in [3.05, 3.63) is 46.5 Å². The van der Waals surface area contributed by atoms with Gasteiger partial charge in [-0.2, -0.15) is 0 Å². The summed E-state index contributed by atoms with van der Waals surface area (Å²) in [4.78, 5) is 13.2. The molecular weight excluding hydrogens is 309 g/mol. The molecule has 116 valence electrons. The molecule has 0 fully saturated rings. The fraction of sp³-hybridized carbons (Fsp3) is 0.438. The summed E-state index contributed by atoms with van der Waals surface area (Å²) in [6.07, 6.45) is 2.50. The van der Waals surface area contributed by atoms with E-state index in [0.29, 0.717) is 29.6 Å². The number of nitrogens with zero attached hydrogens (tertiary/aromatic N) is 1.